The number of hydrogen-bond acceptors (Lipinski definition) is 3. The number of likely N-dealkylation sites (tertiary alicyclic amines) is 1. The average Bonchev–Trinajstić information content (AvgIpc) is 3.17. The Bertz CT molecular complexity index is 930. The fraction of sp³-hybridized carbons (Fsp3) is 0.300. The molecular formula is C20H18F4N2O3. The number of hydrogen-bond donors (Lipinski definition) is 1. The molecule has 0 radical (unpaired) electrons. The van der Waals surface area contributed by atoms with Gasteiger partial charge in [0.05, 0.1) is 18.2 Å². The van der Waals surface area contributed by atoms with E-state index in [4.69, 9.17) is 0 Å². The molecule has 0 saturated carbocycles. The van der Waals surface area contributed by atoms with Gasteiger partial charge in [0.2, 0.25) is 0 Å². The van der Waals surface area contributed by atoms with Crippen LogP contribution in [0, 0.1) is 5.82 Å². The molecule has 0 bridgehead atoms. The Hall–Kier alpha value is -3.10. The maximum absolute atomic E-state index is 14.0. The van der Waals surface area contributed by atoms with Crippen LogP contribution in [0.3, 0.4) is 0 Å². The fourth-order valence-electron chi connectivity index (χ4n) is 3.38. The highest BCUT2D eigenvalue weighted by molar-refractivity contribution is 5.92. The van der Waals surface area contributed by atoms with Gasteiger partial charge in [0.1, 0.15) is 5.82 Å². The van der Waals surface area contributed by atoms with Gasteiger partial charge >= 0.3 is 18.2 Å². The Morgan fingerprint density at radius 3 is 2.55 bits per heavy atom. The van der Waals surface area contributed by atoms with E-state index in [1.165, 1.54) is 29.2 Å². The molecule has 5 nitrogen and oxygen atoms in total. The smallest absolute Gasteiger partial charge is 0.416 e. The summed E-state index contributed by atoms with van der Waals surface area (Å²) in [7, 11) is 1.12. The molecule has 1 saturated heterocycles. The van der Waals surface area contributed by atoms with Crippen LogP contribution < -0.4 is 5.32 Å². The first-order valence-corrected chi connectivity index (χ1v) is 8.80. The minimum atomic E-state index is -4.47. The molecular weight excluding hydrogens is 392 g/mol. The summed E-state index contributed by atoms with van der Waals surface area (Å²) in [5.74, 6) is -2.14. The molecule has 1 aliphatic heterocycles. The van der Waals surface area contributed by atoms with Gasteiger partial charge in [-0.3, -0.25) is 0 Å². The quantitative estimate of drug-likeness (QED) is 0.592. The predicted octanol–water partition coefficient (Wildman–Crippen LogP) is 4.65. The van der Waals surface area contributed by atoms with Crippen LogP contribution in [0.5, 0.6) is 0 Å². The fourth-order valence-corrected chi connectivity index (χ4v) is 3.38. The molecule has 1 unspecified atom stereocenters. The lowest BCUT2D eigenvalue weighted by atomic mass is 9.93. The van der Waals surface area contributed by atoms with Crippen molar-refractivity contribution in [2.24, 2.45) is 0 Å². The monoisotopic (exact) mass is 410 g/mol. The Morgan fingerprint density at radius 2 is 1.90 bits per heavy atom. The number of ether oxygens (including phenoxy) is 1. The highest BCUT2D eigenvalue weighted by atomic mass is 19.4. The summed E-state index contributed by atoms with van der Waals surface area (Å²) in [6, 6.07) is 8.29. The second kappa shape index (κ2) is 8.10. The van der Waals surface area contributed by atoms with Gasteiger partial charge in [-0.1, -0.05) is 18.2 Å². The van der Waals surface area contributed by atoms with Crippen molar-refractivity contribution in [1.82, 2.24) is 4.90 Å². The number of benzene rings is 2. The van der Waals surface area contributed by atoms with Crippen LogP contribution in [0.1, 0.15) is 33.8 Å². The highest BCUT2D eigenvalue weighted by Gasteiger charge is 2.37. The summed E-state index contributed by atoms with van der Waals surface area (Å²) in [5, 5.41) is 2.50. The molecule has 1 fully saturated rings. The Kier molecular flexibility index (Phi) is 5.76. The molecule has 9 heteroatoms. The Balaban J connectivity index is 1.69. The molecule has 2 amide bonds. The van der Waals surface area contributed by atoms with Gasteiger partial charge < -0.3 is 15.0 Å². The van der Waals surface area contributed by atoms with Crippen molar-refractivity contribution in [3.63, 3.8) is 0 Å². The summed E-state index contributed by atoms with van der Waals surface area (Å²) in [5.41, 5.74) is -0.689. The maximum Gasteiger partial charge on any atom is 0.416 e. The number of halogens is 4. The second-order valence-electron chi connectivity index (χ2n) is 6.63. The van der Waals surface area contributed by atoms with E-state index in [9.17, 15) is 27.2 Å². The molecule has 0 aromatic heterocycles. The van der Waals surface area contributed by atoms with Gasteiger partial charge in [0.15, 0.2) is 0 Å². The van der Waals surface area contributed by atoms with E-state index < -0.39 is 35.5 Å². The van der Waals surface area contributed by atoms with E-state index in [1.807, 2.05) is 0 Å². The molecule has 0 spiro atoms. The summed E-state index contributed by atoms with van der Waals surface area (Å²) in [4.78, 5) is 25.2. The van der Waals surface area contributed by atoms with Crippen molar-refractivity contribution < 1.29 is 31.9 Å². The summed E-state index contributed by atoms with van der Waals surface area (Å²) < 4.78 is 58.1. The topological polar surface area (TPSA) is 58.6 Å². The number of amides is 2. The number of carbonyl (C=O) groups excluding carboxylic acids is 2. The largest absolute Gasteiger partial charge is 0.465 e. The second-order valence-corrected chi connectivity index (χ2v) is 6.63. The molecule has 29 heavy (non-hydrogen) atoms. The first kappa shape index (κ1) is 20.6. The number of esters is 1. The van der Waals surface area contributed by atoms with Crippen LogP contribution in [-0.2, 0) is 10.9 Å². The lowest BCUT2D eigenvalue weighted by Gasteiger charge is -2.20. The number of nitrogens with zero attached hydrogens (tertiary/aromatic N) is 1. The SMILES string of the molecule is COC(=O)c1ccc(NC(=O)N2CCC(c3ccccc3C(F)(F)F)C2)cc1F. The van der Waals surface area contributed by atoms with Gasteiger partial charge in [-0.2, -0.15) is 13.2 Å². The Labute approximate surface area is 164 Å². The van der Waals surface area contributed by atoms with E-state index in [0.29, 0.717) is 6.42 Å². The zero-order valence-corrected chi connectivity index (χ0v) is 15.4. The third-order valence-electron chi connectivity index (χ3n) is 4.81. The summed E-state index contributed by atoms with van der Waals surface area (Å²) >= 11 is 0. The molecule has 3 rings (SSSR count). The zero-order valence-electron chi connectivity index (χ0n) is 15.4. The summed E-state index contributed by atoms with van der Waals surface area (Å²) in [6.45, 7) is 0.382. The van der Waals surface area contributed by atoms with E-state index in [2.05, 4.69) is 10.1 Å². The third kappa shape index (κ3) is 4.49. The molecule has 154 valence electrons. The molecule has 2 aromatic carbocycles. The van der Waals surface area contributed by atoms with Gasteiger partial charge in [-0.25, -0.2) is 14.0 Å². The summed E-state index contributed by atoms with van der Waals surface area (Å²) in [6.07, 6.45) is -4.08. The van der Waals surface area contributed by atoms with Crippen LogP contribution in [0.15, 0.2) is 42.5 Å². The lowest BCUT2D eigenvalue weighted by molar-refractivity contribution is -0.138. The van der Waals surface area contributed by atoms with Crippen molar-refractivity contribution in [3.05, 3.63) is 65.0 Å². The zero-order chi connectivity index (χ0) is 21.2. The lowest BCUT2D eigenvalue weighted by Crippen LogP contribution is -2.33. The van der Waals surface area contributed by atoms with Crippen molar-refractivity contribution in [3.8, 4) is 0 Å². The minimum absolute atomic E-state index is 0.113. The minimum Gasteiger partial charge on any atom is -0.465 e. The molecule has 1 aliphatic rings. The van der Waals surface area contributed by atoms with Crippen LogP contribution in [0.2, 0.25) is 0 Å². The van der Waals surface area contributed by atoms with Crippen LogP contribution in [-0.4, -0.2) is 37.1 Å². The molecule has 2 aromatic rings. The van der Waals surface area contributed by atoms with Gasteiger partial charge in [-0.15, -0.1) is 0 Å². The standard InChI is InChI=1S/C20H18F4N2O3/c1-29-18(27)15-7-6-13(10-17(15)21)25-19(28)26-9-8-12(11-26)14-4-2-3-5-16(14)20(22,23)24/h2-7,10,12H,8-9,11H2,1H3,(H,25,28). The molecule has 1 N–H and O–H groups in total. The normalized spacial score (nSPS) is 16.6. The first-order valence-electron chi connectivity index (χ1n) is 8.80. The number of carbonyl (C=O) groups is 2. The van der Waals surface area contributed by atoms with Crippen LogP contribution in [0.25, 0.3) is 0 Å². The average molecular weight is 410 g/mol. The van der Waals surface area contributed by atoms with Crippen molar-refractivity contribution in [2.45, 2.75) is 18.5 Å². The van der Waals surface area contributed by atoms with E-state index in [-0.39, 0.29) is 29.9 Å². The maximum atomic E-state index is 14.0. The van der Waals surface area contributed by atoms with Crippen molar-refractivity contribution >= 4 is 17.7 Å². The van der Waals surface area contributed by atoms with Gasteiger partial charge in [0.25, 0.3) is 0 Å². The highest BCUT2D eigenvalue weighted by Crippen LogP contribution is 2.38. The molecule has 1 heterocycles. The number of alkyl halides is 3. The van der Waals surface area contributed by atoms with E-state index in [0.717, 1.165) is 19.2 Å². The van der Waals surface area contributed by atoms with Gasteiger partial charge in [-0.05, 0) is 36.2 Å². The van der Waals surface area contributed by atoms with Crippen molar-refractivity contribution in [2.75, 3.05) is 25.5 Å². The van der Waals surface area contributed by atoms with E-state index >= 15 is 0 Å². The Morgan fingerprint density at radius 1 is 1.17 bits per heavy atom. The number of rotatable bonds is 3. The van der Waals surface area contributed by atoms with Crippen LogP contribution >= 0.6 is 0 Å². The van der Waals surface area contributed by atoms with E-state index in [1.54, 1.807) is 6.07 Å². The number of nitrogens with one attached hydrogen (secondary N) is 1. The van der Waals surface area contributed by atoms with Crippen LogP contribution in [0.4, 0.5) is 28.0 Å². The molecule has 0 aliphatic carbocycles. The molecule has 1 atom stereocenters. The number of methoxy groups -OCH3 is 1. The predicted molar refractivity (Wildman–Crippen MR) is 97.1 cm³/mol. The number of urea groups is 1. The number of anilines is 1. The van der Waals surface area contributed by atoms with Gasteiger partial charge in [0, 0.05) is 24.7 Å². The third-order valence-corrected chi connectivity index (χ3v) is 4.81. The van der Waals surface area contributed by atoms with Crippen molar-refractivity contribution in [1.29, 1.82) is 0 Å². The first-order chi connectivity index (χ1) is 13.7.